The molecule has 13 heteroatoms. The predicted molar refractivity (Wildman–Crippen MR) is 232 cm³/mol. The average molecular weight is 984 g/mol. The summed E-state index contributed by atoms with van der Waals surface area (Å²) < 4.78 is 14.4. The zero-order chi connectivity index (χ0) is 37.9. The molecule has 0 spiro atoms. The van der Waals surface area contributed by atoms with E-state index in [1.165, 1.54) is 6.21 Å². The molecule has 0 radical (unpaired) electrons. The number of carbonyl (C=O) groups excluding carboxylic acids is 2. The first-order chi connectivity index (χ1) is 25.5. The second kappa shape index (κ2) is 20.2. The molecule has 0 fully saturated rings. The molecule has 6 aromatic carbocycles. The summed E-state index contributed by atoms with van der Waals surface area (Å²) in [5.41, 5.74) is 8.16. The number of hydrazone groups is 2. The van der Waals surface area contributed by atoms with Gasteiger partial charge in [0.2, 0.25) is 0 Å². The number of phenols is 1. The van der Waals surface area contributed by atoms with Crippen molar-refractivity contribution < 1.29 is 24.2 Å². The Bertz CT molecular complexity index is 2330. The number of amides is 2. The van der Waals surface area contributed by atoms with E-state index in [-0.39, 0.29) is 32.3 Å². The molecule has 0 unspecified atom stereocenters. The van der Waals surface area contributed by atoms with Crippen LogP contribution in [0.5, 0.6) is 17.2 Å². The largest absolute Gasteiger partial charge is 0.506 e. The molecule has 278 valence electrons. The summed E-state index contributed by atoms with van der Waals surface area (Å²) in [7, 11) is 0. The Balaban J connectivity index is 0.000000236. The van der Waals surface area contributed by atoms with Crippen LogP contribution in [0.1, 0.15) is 29.7 Å². The maximum atomic E-state index is 11.9. The van der Waals surface area contributed by atoms with Crippen LogP contribution in [0, 0.1) is 13.8 Å². The van der Waals surface area contributed by atoms with Gasteiger partial charge in [0.1, 0.15) is 17.2 Å². The summed E-state index contributed by atoms with van der Waals surface area (Å²) in [5.74, 6) is 0.594. The lowest BCUT2D eigenvalue weighted by Crippen LogP contribution is -2.24. The molecule has 0 aliphatic carbocycles. The molecule has 0 aliphatic heterocycles. The van der Waals surface area contributed by atoms with Gasteiger partial charge >= 0.3 is 0 Å². The summed E-state index contributed by atoms with van der Waals surface area (Å²) in [6.45, 7) is 3.60. The van der Waals surface area contributed by atoms with E-state index < -0.39 is 5.91 Å². The molecule has 0 saturated heterocycles. The molecule has 54 heavy (non-hydrogen) atoms. The first kappa shape index (κ1) is 42.2. The fourth-order valence-corrected chi connectivity index (χ4v) is 7.16. The maximum absolute atomic E-state index is 11.9. The minimum atomic E-state index is -0.399. The Morgan fingerprint density at radius 2 is 1.07 bits per heavy atom. The molecule has 6 aromatic rings. The number of rotatable bonds is 10. The average Bonchev–Trinajstić information content (AvgIpc) is 3.16. The van der Waals surface area contributed by atoms with Crippen molar-refractivity contribution in [2.75, 3.05) is 13.2 Å². The molecule has 0 atom stereocenters. The third-order valence-corrected chi connectivity index (χ3v) is 11.2. The highest BCUT2D eigenvalue weighted by molar-refractivity contribution is 9.11. The second-order valence-corrected chi connectivity index (χ2v) is 14.9. The van der Waals surface area contributed by atoms with Gasteiger partial charge in [0.25, 0.3) is 11.8 Å². The molecule has 6 rings (SSSR count). The topological polar surface area (TPSA) is 122 Å². The molecule has 9 nitrogen and oxygen atoms in total. The van der Waals surface area contributed by atoms with Gasteiger partial charge in [0.05, 0.1) is 16.9 Å². The van der Waals surface area contributed by atoms with Crippen molar-refractivity contribution in [1.29, 1.82) is 0 Å². The van der Waals surface area contributed by atoms with E-state index in [4.69, 9.17) is 9.47 Å². The van der Waals surface area contributed by atoms with Crippen molar-refractivity contribution in [1.82, 2.24) is 10.9 Å². The third-order valence-electron chi connectivity index (χ3n) is 7.73. The number of ether oxygens (including phenoxy) is 2. The Morgan fingerprint density at radius 3 is 1.57 bits per heavy atom. The lowest BCUT2D eigenvalue weighted by molar-refractivity contribution is -0.123. The van der Waals surface area contributed by atoms with Crippen molar-refractivity contribution in [2.45, 2.75) is 21.3 Å². The van der Waals surface area contributed by atoms with E-state index in [9.17, 15) is 14.7 Å². The summed E-state index contributed by atoms with van der Waals surface area (Å²) in [4.78, 5) is 23.8. The van der Waals surface area contributed by atoms with Gasteiger partial charge in [0.15, 0.2) is 13.2 Å². The van der Waals surface area contributed by atoms with Crippen molar-refractivity contribution >= 4 is 110 Å². The van der Waals surface area contributed by atoms with Gasteiger partial charge in [-0.2, -0.15) is 10.2 Å². The highest BCUT2D eigenvalue weighted by Gasteiger charge is 2.11. The Kier molecular flexibility index (Phi) is 15.8. The monoisotopic (exact) mass is 980 g/mol. The van der Waals surface area contributed by atoms with Gasteiger partial charge < -0.3 is 14.6 Å². The molecule has 0 aromatic heterocycles. The van der Waals surface area contributed by atoms with E-state index in [1.807, 2.05) is 111 Å². The van der Waals surface area contributed by atoms with E-state index in [0.29, 0.717) is 21.5 Å². The fourth-order valence-electron chi connectivity index (χ4n) is 4.79. The van der Waals surface area contributed by atoms with Crippen LogP contribution in [0.15, 0.2) is 131 Å². The standard InChI is InChI=1S/C20H16Br2N2O3.C20H16Br2N2O2.CH4/c1-12-17(21)9-15(20(26)19(12)22)10-23-24-18(25)11-27-16-7-6-13-4-2-3-5-14(13)8-16;1-13-18(21)8-14(9-19(13)22)11-23-24-20(25)12-26-17-7-6-15-4-2-3-5-16(15)10-17;/h2-10,26H,11H2,1H3,(H,24,25);2-11H,12H2,1H3,(H,24,25);1H4/b23-10+;23-11+;. The van der Waals surface area contributed by atoms with Crippen molar-refractivity contribution in [3.8, 4) is 17.2 Å². The van der Waals surface area contributed by atoms with Crippen LogP contribution in [0.25, 0.3) is 21.5 Å². The quantitative estimate of drug-likeness (QED) is 0.0932. The summed E-state index contributed by atoms with van der Waals surface area (Å²) >= 11 is 13.7. The highest BCUT2D eigenvalue weighted by Crippen LogP contribution is 2.35. The molecule has 0 bridgehead atoms. The number of nitrogens with one attached hydrogen (secondary N) is 2. The minimum Gasteiger partial charge on any atom is -0.506 e. The van der Waals surface area contributed by atoms with Crippen LogP contribution in [-0.4, -0.2) is 42.6 Å². The first-order valence-corrected chi connectivity index (χ1v) is 19.2. The number of phenolic OH excluding ortho intramolecular Hbond substituents is 1. The molecule has 0 saturated carbocycles. The van der Waals surface area contributed by atoms with Crippen LogP contribution in [0.4, 0.5) is 0 Å². The van der Waals surface area contributed by atoms with Crippen LogP contribution >= 0.6 is 63.7 Å². The third kappa shape index (κ3) is 11.7. The van der Waals surface area contributed by atoms with Gasteiger partial charge in [-0.15, -0.1) is 0 Å². The smallest absolute Gasteiger partial charge is 0.277 e. The minimum absolute atomic E-state index is 0. The molecule has 0 aliphatic rings. The Hall–Kier alpha value is -4.56. The van der Waals surface area contributed by atoms with Crippen LogP contribution in [0.3, 0.4) is 0 Å². The number of fused-ring (bicyclic) bond motifs is 2. The normalized spacial score (nSPS) is 10.9. The van der Waals surface area contributed by atoms with Crippen LogP contribution < -0.4 is 20.3 Å². The van der Waals surface area contributed by atoms with Crippen LogP contribution in [0.2, 0.25) is 0 Å². The van der Waals surface area contributed by atoms with Crippen molar-refractivity contribution in [3.05, 3.63) is 143 Å². The number of hydrogen-bond donors (Lipinski definition) is 3. The van der Waals surface area contributed by atoms with E-state index >= 15 is 0 Å². The Labute approximate surface area is 347 Å². The second-order valence-electron chi connectivity index (χ2n) is 11.5. The SMILES string of the molecule is C.Cc1c(Br)cc(/C=N/NC(=O)COc2ccc3ccccc3c2)c(O)c1Br.Cc1c(Br)cc(/C=N/NC(=O)COc2ccc3ccccc3c2)cc1Br. The lowest BCUT2D eigenvalue weighted by atomic mass is 10.1. The zero-order valence-electron chi connectivity index (χ0n) is 28.4. The number of benzene rings is 6. The number of hydrogen-bond acceptors (Lipinski definition) is 7. The number of halogens is 4. The number of nitrogens with zero attached hydrogens (tertiary/aromatic N) is 2. The molecule has 0 heterocycles. The van der Waals surface area contributed by atoms with Crippen LogP contribution in [-0.2, 0) is 9.59 Å². The van der Waals surface area contributed by atoms with E-state index in [0.717, 1.165) is 51.7 Å². The highest BCUT2D eigenvalue weighted by atomic mass is 79.9. The van der Waals surface area contributed by atoms with Gasteiger partial charge in [-0.05, 0) is 110 Å². The predicted octanol–water partition coefficient (Wildman–Crippen LogP) is 10.7. The maximum Gasteiger partial charge on any atom is 0.277 e. The van der Waals surface area contributed by atoms with Crippen molar-refractivity contribution in [3.63, 3.8) is 0 Å². The Morgan fingerprint density at radius 1 is 0.630 bits per heavy atom. The molecule has 3 N–H and O–H groups in total. The number of aromatic hydroxyl groups is 1. The molecular formula is C41H36Br4N4O5. The number of carbonyl (C=O) groups is 2. The molecular weight excluding hydrogens is 948 g/mol. The van der Waals surface area contributed by atoms with Crippen molar-refractivity contribution in [2.24, 2.45) is 10.2 Å². The summed E-state index contributed by atoms with van der Waals surface area (Å²) in [6, 6.07) is 32.8. The summed E-state index contributed by atoms with van der Waals surface area (Å²) in [6.07, 6.45) is 2.96. The fraction of sp³-hybridized carbons (Fsp3) is 0.122. The lowest BCUT2D eigenvalue weighted by Gasteiger charge is -2.08. The van der Waals surface area contributed by atoms with Gasteiger partial charge in [-0.1, -0.05) is 116 Å². The van der Waals surface area contributed by atoms with E-state index in [1.54, 1.807) is 12.3 Å². The zero-order valence-corrected chi connectivity index (χ0v) is 34.7. The first-order valence-electron chi connectivity index (χ1n) is 16.0. The molecule has 2 amide bonds. The summed E-state index contributed by atoms with van der Waals surface area (Å²) in [5, 5.41) is 22.3. The van der Waals surface area contributed by atoms with Gasteiger partial charge in [-0.3, -0.25) is 9.59 Å². The van der Waals surface area contributed by atoms with E-state index in [2.05, 4.69) is 84.8 Å². The van der Waals surface area contributed by atoms with Gasteiger partial charge in [-0.25, -0.2) is 10.9 Å². The van der Waals surface area contributed by atoms with Gasteiger partial charge in [0, 0.05) is 19.0 Å².